The molecule has 0 aliphatic carbocycles. The van der Waals surface area contributed by atoms with Crippen LogP contribution in [0.25, 0.3) is 0 Å². The molecule has 0 aliphatic rings. The topological polar surface area (TPSA) is 61.4 Å². The maximum Gasteiger partial charge on any atom is 0.416 e. The first kappa shape index (κ1) is 20.3. The van der Waals surface area contributed by atoms with E-state index in [0.29, 0.717) is 5.69 Å². The minimum atomic E-state index is -4.42. The standard InChI is InChI=1S/C19H20F3N3O2/c1-12(23-15-8-10-17(11-9-15)25(3)13(2)26)18(27)24-16-6-4-14(5-7-16)19(20,21)22/h4-12,23H,1-3H3,(H,24,27). The molecule has 27 heavy (non-hydrogen) atoms. The third kappa shape index (κ3) is 5.47. The molecule has 0 heterocycles. The summed E-state index contributed by atoms with van der Waals surface area (Å²) in [5.41, 5.74) is 0.892. The number of nitrogens with one attached hydrogen (secondary N) is 2. The van der Waals surface area contributed by atoms with Gasteiger partial charge in [-0.1, -0.05) is 0 Å². The molecule has 2 aromatic rings. The van der Waals surface area contributed by atoms with Crippen molar-refractivity contribution in [1.29, 1.82) is 0 Å². The lowest BCUT2D eigenvalue weighted by molar-refractivity contribution is -0.137. The number of rotatable bonds is 5. The zero-order valence-corrected chi connectivity index (χ0v) is 15.1. The van der Waals surface area contributed by atoms with Gasteiger partial charge in [-0.15, -0.1) is 0 Å². The first-order valence-corrected chi connectivity index (χ1v) is 8.17. The number of halogens is 3. The Hall–Kier alpha value is -3.03. The number of alkyl halides is 3. The van der Waals surface area contributed by atoms with Gasteiger partial charge in [-0.05, 0) is 55.5 Å². The van der Waals surface area contributed by atoms with E-state index in [0.717, 1.165) is 17.8 Å². The van der Waals surface area contributed by atoms with Crippen molar-refractivity contribution >= 4 is 28.9 Å². The zero-order chi connectivity index (χ0) is 20.2. The second kappa shape index (κ2) is 8.11. The predicted octanol–water partition coefficient (Wildman–Crippen LogP) is 4.13. The Balaban J connectivity index is 1.96. The molecule has 0 spiro atoms. The van der Waals surface area contributed by atoms with Gasteiger partial charge in [-0.3, -0.25) is 9.59 Å². The Labute approximate surface area is 155 Å². The number of amides is 2. The first-order valence-electron chi connectivity index (χ1n) is 8.17. The molecule has 2 N–H and O–H groups in total. The highest BCUT2D eigenvalue weighted by Gasteiger charge is 2.30. The van der Waals surface area contributed by atoms with Crippen molar-refractivity contribution in [1.82, 2.24) is 0 Å². The van der Waals surface area contributed by atoms with Gasteiger partial charge in [0.2, 0.25) is 11.8 Å². The molecule has 0 fully saturated rings. The van der Waals surface area contributed by atoms with E-state index in [4.69, 9.17) is 0 Å². The van der Waals surface area contributed by atoms with Gasteiger partial charge in [-0.25, -0.2) is 0 Å². The van der Waals surface area contributed by atoms with Crippen molar-refractivity contribution < 1.29 is 22.8 Å². The molecule has 5 nitrogen and oxygen atoms in total. The van der Waals surface area contributed by atoms with Crippen LogP contribution < -0.4 is 15.5 Å². The van der Waals surface area contributed by atoms with Gasteiger partial charge in [0.25, 0.3) is 0 Å². The molecule has 0 aliphatic heterocycles. The average molecular weight is 379 g/mol. The summed E-state index contributed by atoms with van der Waals surface area (Å²) in [4.78, 5) is 25.0. The quantitative estimate of drug-likeness (QED) is 0.821. The van der Waals surface area contributed by atoms with Crippen LogP contribution in [0.5, 0.6) is 0 Å². The lowest BCUT2D eigenvalue weighted by Crippen LogP contribution is -2.31. The molecule has 8 heteroatoms. The number of carbonyl (C=O) groups is 2. The number of benzene rings is 2. The third-order valence-corrected chi connectivity index (χ3v) is 3.98. The van der Waals surface area contributed by atoms with E-state index in [-0.39, 0.29) is 17.5 Å². The first-order chi connectivity index (χ1) is 12.6. The van der Waals surface area contributed by atoms with E-state index >= 15 is 0 Å². The molecule has 2 aromatic carbocycles. The monoisotopic (exact) mass is 379 g/mol. The summed E-state index contributed by atoms with van der Waals surface area (Å²) in [7, 11) is 1.66. The second-order valence-electron chi connectivity index (χ2n) is 6.06. The predicted molar refractivity (Wildman–Crippen MR) is 98.7 cm³/mol. The highest BCUT2D eigenvalue weighted by atomic mass is 19.4. The zero-order valence-electron chi connectivity index (χ0n) is 15.1. The molecule has 144 valence electrons. The molecule has 0 saturated carbocycles. The maximum atomic E-state index is 12.6. The normalized spacial score (nSPS) is 12.2. The van der Waals surface area contributed by atoms with Crippen molar-refractivity contribution in [3.05, 3.63) is 54.1 Å². The number of hydrogen-bond donors (Lipinski definition) is 2. The number of hydrogen-bond acceptors (Lipinski definition) is 3. The Kier molecular flexibility index (Phi) is 6.09. The fourth-order valence-electron chi connectivity index (χ4n) is 2.27. The van der Waals surface area contributed by atoms with Crippen molar-refractivity contribution in [2.24, 2.45) is 0 Å². The number of carbonyl (C=O) groups excluding carboxylic acids is 2. The minimum Gasteiger partial charge on any atom is -0.374 e. The largest absolute Gasteiger partial charge is 0.416 e. The molecule has 0 bridgehead atoms. The van der Waals surface area contributed by atoms with Crippen LogP contribution in [0.2, 0.25) is 0 Å². The summed E-state index contributed by atoms with van der Waals surface area (Å²) in [6.07, 6.45) is -4.42. The van der Waals surface area contributed by atoms with Crippen LogP contribution in [0.3, 0.4) is 0 Å². The van der Waals surface area contributed by atoms with Crippen LogP contribution >= 0.6 is 0 Å². The van der Waals surface area contributed by atoms with Crippen LogP contribution in [0.15, 0.2) is 48.5 Å². The van der Waals surface area contributed by atoms with Gasteiger partial charge in [-0.2, -0.15) is 13.2 Å². The fraction of sp³-hybridized carbons (Fsp3) is 0.263. The van der Waals surface area contributed by atoms with E-state index < -0.39 is 17.8 Å². The summed E-state index contributed by atoms with van der Waals surface area (Å²) in [5.74, 6) is -0.486. The Morgan fingerprint density at radius 1 is 0.963 bits per heavy atom. The molecule has 2 amide bonds. The van der Waals surface area contributed by atoms with Crippen LogP contribution in [-0.4, -0.2) is 24.9 Å². The molecule has 2 rings (SSSR count). The summed E-state index contributed by atoms with van der Waals surface area (Å²) < 4.78 is 37.7. The van der Waals surface area contributed by atoms with E-state index in [1.165, 1.54) is 24.0 Å². The average Bonchev–Trinajstić information content (AvgIpc) is 2.61. The van der Waals surface area contributed by atoms with Crippen LogP contribution in [0, 0.1) is 0 Å². The van der Waals surface area contributed by atoms with E-state index in [9.17, 15) is 22.8 Å². The van der Waals surface area contributed by atoms with Gasteiger partial charge >= 0.3 is 6.18 Å². The molecule has 0 radical (unpaired) electrons. The minimum absolute atomic E-state index is 0.0972. The summed E-state index contributed by atoms with van der Waals surface area (Å²) in [6, 6.07) is 10.6. The summed E-state index contributed by atoms with van der Waals surface area (Å²) in [6.45, 7) is 3.09. The summed E-state index contributed by atoms with van der Waals surface area (Å²) >= 11 is 0. The lowest BCUT2D eigenvalue weighted by atomic mass is 10.2. The molecular weight excluding hydrogens is 359 g/mol. The Morgan fingerprint density at radius 2 is 1.48 bits per heavy atom. The van der Waals surface area contributed by atoms with Crippen molar-refractivity contribution in [2.75, 3.05) is 22.6 Å². The van der Waals surface area contributed by atoms with Crippen LogP contribution in [-0.2, 0) is 15.8 Å². The van der Waals surface area contributed by atoms with Gasteiger partial charge in [0.05, 0.1) is 5.56 Å². The number of nitrogens with zero attached hydrogens (tertiary/aromatic N) is 1. The molecule has 1 atom stereocenters. The highest BCUT2D eigenvalue weighted by molar-refractivity contribution is 5.96. The van der Waals surface area contributed by atoms with E-state index in [1.54, 1.807) is 38.2 Å². The Bertz CT molecular complexity index is 802. The SMILES string of the molecule is CC(=O)N(C)c1ccc(NC(C)C(=O)Nc2ccc(C(F)(F)F)cc2)cc1. The highest BCUT2D eigenvalue weighted by Crippen LogP contribution is 2.29. The fourth-order valence-corrected chi connectivity index (χ4v) is 2.27. The molecule has 0 aromatic heterocycles. The number of anilines is 3. The van der Waals surface area contributed by atoms with Gasteiger partial charge in [0, 0.05) is 31.0 Å². The smallest absolute Gasteiger partial charge is 0.374 e. The lowest BCUT2D eigenvalue weighted by Gasteiger charge is -2.18. The maximum absolute atomic E-state index is 12.6. The van der Waals surface area contributed by atoms with E-state index in [2.05, 4.69) is 10.6 Å². The molecular formula is C19H20F3N3O2. The second-order valence-corrected chi connectivity index (χ2v) is 6.06. The molecule has 1 unspecified atom stereocenters. The van der Waals surface area contributed by atoms with E-state index in [1.807, 2.05) is 0 Å². The van der Waals surface area contributed by atoms with Crippen molar-refractivity contribution in [3.63, 3.8) is 0 Å². The van der Waals surface area contributed by atoms with Crippen LogP contribution in [0.4, 0.5) is 30.2 Å². The Morgan fingerprint density at radius 3 is 1.96 bits per heavy atom. The third-order valence-electron chi connectivity index (χ3n) is 3.98. The molecule has 0 saturated heterocycles. The van der Waals surface area contributed by atoms with Gasteiger partial charge in [0.1, 0.15) is 6.04 Å². The van der Waals surface area contributed by atoms with Crippen molar-refractivity contribution in [2.45, 2.75) is 26.1 Å². The summed E-state index contributed by atoms with van der Waals surface area (Å²) in [5, 5.41) is 5.56. The van der Waals surface area contributed by atoms with Crippen molar-refractivity contribution in [3.8, 4) is 0 Å². The van der Waals surface area contributed by atoms with Crippen LogP contribution in [0.1, 0.15) is 19.4 Å². The van der Waals surface area contributed by atoms with Gasteiger partial charge in [0.15, 0.2) is 0 Å². The van der Waals surface area contributed by atoms with Gasteiger partial charge < -0.3 is 15.5 Å².